The molecule has 0 spiro atoms. The number of amides is 1. The zero-order chi connectivity index (χ0) is 13.8. The summed E-state index contributed by atoms with van der Waals surface area (Å²) in [5.74, 6) is 0.648. The normalized spacial score (nSPS) is 19.6. The van der Waals surface area contributed by atoms with Crippen LogP contribution < -0.4 is 15.8 Å². The number of rotatable bonds is 5. The van der Waals surface area contributed by atoms with Gasteiger partial charge in [-0.1, -0.05) is 6.07 Å². The summed E-state index contributed by atoms with van der Waals surface area (Å²) < 4.78 is 5.27. The molecule has 0 aromatic heterocycles. The first-order valence-corrected chi connectivity index (χ1v) is 6.81. The molecule has 104 valence electrons. The maximum absolute atomic E-state index is 10.9. The highest BCUT2D eigenvalue weighted by molar-refractivity contribution is 5.74. The summed E-state index contributed by atoms with van der Waals surface area (Å²) in [5, 5.41) is 3.50. The van der Waals surface area contributed by atoms with Crippen LogP contribution in [0.15, 0.2) is 18.2 Å². The molecule has 4 heteroatoms. The van der Waals surface area contributed by atoms with Crippen LogP contribution in [-0.2, 0) is 11.2 Å². The lowest BCUT2D eigenvalue weighted by molar-refractivity contribution is -0.118. The van der Waals surface area contributed by atoms with Gasteiger partial charge in [-0.05, 0) is 49.4 Å². The zero-order valence-electron chi connectivity index (χ0n) is 11.6. The number of aryl methyl sites for hydroxylation is 1. The number of hydrogen-bond donors (Lipinski definition) is 2. The van der Waals surface area contributed by atoms with Crippen molar-refractivity contribution in [1.82, 2.24) is 5.32 Å². The number of ether oxygens (including phenoxy) is 1. The first-order chi connectivity index (χ1) is 9.10. The second-order valence-corrected chi connectivity index (χ2v) is 5.25. The van der Waals surface area contributed by atoms with Gasteiger partial charge in [0.25, 0.3) is 0 Å². The van der Waals surface area contributed by atoms with Crippen molar-refractivity contribution >= 4 is 5.91 Å². The smallest absolute Gasteiger partial charge is 0.218 e. The van der Waals surface area contributed by atoms with Crippen molar-refractivity contribution in [1.29, 1.82) is 0 Å². The van der Waals surface area contributed by atoms with E-state index in [1.54, 1.807) is 7.11 Å². The van der Waals surface area contributed by atoms with E-state index < -0.39 is 0 Å². The standard InChI is InChI=1S/C15H22N2O2/c1-10(8-15(16)18)17-14-5-3-4-11-9-12(19-2)6-7-13(11)14/h6-7,9-10,14,17H,3-5,8H2,1-2H3,(H2,16,18). The molecule has 4 nitrogen and oxygen atoms in total. The van der Waals surface area contributed by atoms with Crippen LogP contribution in [0, 0.1) is 0 Å². The Labute approximate surface area is 114 Å². The molecule has 2 atom stereocenters. The van der Waals surface area contributed by atoms with E-state index in [2.05, 4.69) is 17.4 Å². The Balaban J connectivity index is 2.11. The van der Waals surface area contributed by atoms with Crippen molar-refractivity contribution in [3.8, 4) is 5.75 Å². The van der Waals surface area contributed by atoms with Gasteiger partial charge in [0.2, 0.25) is 5.91 Å². The van der Waals surface area contributed by atoms with Crippen LogP contribution in [0.1, 0.15) is 43.4 Å². The average molecular weight is 262 g/mol. The van der Waals surface area contributed by atoms with Gasteiger partial charge in [-0.15, -0.1) is 0 Å². The van der Waals surface area contributed by atoms with Crippen LogP contribution in [0.5, 0.6) is 5.75 Å². The molecule has 3 N–H and O–H groups in total. The van der Waals surface area contributed by atoms with E-state index in [1.807, 2.05) is 13.0 Å². The molecular formula is C15H22N2O2. The number of nitrogens with one attached hydrogen (secondary N) is 1. The number of carbonyl (C=O) groups excluding carboxylic acids is 1. The second kappa shape index (κ2) is 6.06. The molecule has 2 rings (SSSR count). The second-order valence-electron chi connectivity index (χ2n) is 5.25. The molecule has 19 heavy (non-hydrogen) atoms. The Morgan fingerprint density at radius 1 is 1.58 bits per heavy atom. The maximum atomic E-state index is 10.9. The van der Waals surface area contributed by atoms with Gasteiger partial charge < -0.3 is 15.8 Å². The quantitative estimate of drug-likeness (QED) is 0.852. The van der Waals surface area contributed by atoms with Crippen LogP contribution in [0.2, 0.25) is 0 Å². The highest BCUT2D eigenvalue weighted by Gasteiger charge is 2.22. The van der Waals surface area contributed by atoms with Crippen LogP contribution in [0.4, 0.5) is 0 Å². The van der Waals surface area contributed by atoms with Crippen LogP contribution in [0.25, 0.3) is 0 Å². The van der Waals surface area contributed by atoms with Crippen molar-refractivity contribution in [3.63, 3.8) is 0 Å². The SMILES string of the molecule is COc1ccc2c(c1)CCCC2NC(C)CC(N)=O. The topological polar surface area (TPSA) is 64.3 Å². The maximum Gasteiger partial charge on any atom is 0.218 e. The summed E-state index contributed by atoms with van der Waals surface area (Å²) in [6.07, 6.45) is 3.72. The number of fused-ring (bicyclic) bond motifs is 1. The Bertz CT molecular complexity index is 459. The fourth-order valence-electron chi connectivity index (χ4n) is 2.79. The average Bonchev–Trinajstić information content (AvgIpc) is 2.37. The summed E-state index contributed by atoms with van der Waals surface area (Å²) in [6.45, 7) is 2.00. The Kier molecular flexibility index (Phi) is 4.43. The summed E-state index contributed by atoms with van der Waals surface area (Å²) in [4.78, 5) is 10.9. The molecule has 0 aliphatic heterocycles. The number of methoxy groups -OCH3 is 1. The molecule has 0 bridgehead atoms. The van der Waals surface area contributed by atoms with Gasteiger partial charge >= 0.3 is 0 Å². The molecule has 1 aliphatic rings. The lowest BCUT2D eigenvalue weighted by Gasteiger charge is -2.29. The van der Waals surface area contributed by atoms with E-state index in [9.17, 15) is 4.79 Å². The molecule has 2 unspecified atom stereocenters. The van der Waals surface area contributed by atoms with Gasteiger partial charge in [-0.25, -0.2) is 0 Å². The predicted octanol–water partition coefficient (Wildman–Crippen LogP) is 1.93. The number of primary amides is 1. The van der Waals surface area contributed by atoms with E-state index in [4.69, 9.17) is 10.5 Å². The third-order valence-corrected chi connectivity index (χ3v) is 3.66. The molecular weight excluding hydrogens is 240 g/mol. The molecule has 0 saturated carbocycles. The molecule has 1 aromatic rings. The molecule has 0 fully saturated rings. The third kappa shape index (κ3) is 3.47. The van der Waals surface area contributed by atoms with Gasteiger partial charge in [-0.2, -0.15) is 0 Å². The van der Waals surface area contributed by atoms with E-state index in [1.165, 1.54) is 11.1 Å². The monoisotopic (exact) mass is 262 g/mol. The minimum absolute atomic E-state index is 0.107. The molecule has 0 saturated heterocycles. The first kappa shape index (κ1) is 13.9. The highest BCUT2D eigenvalue weighted by atomic mass is 16.5. The van der Waals surface area contributed by atoms with Gasteiger partial charge in [0.15, 0.2) is 0 Å². The molecule has 0 radical (unpaired) electrons. The molecule has 0 heterocycles. The Hall–Kier alpha value is -1.55. The number of nitrogens with two attached hydrogens (primary N) is 1. The molecule has 1 amide bonds. The van der Waals surface area contributed by atoms with E-state index in [0.29, 0.717) is 12.5 Å². The Morgan fingerprint density at radius 3 is 3.05 bits per heavy atom. The van der Waals surface area contributed by atoms with Gasteiger partial charge in [-0.3, -0.25) is 4.79 Å². The van der Waals surface area contributed by atoms with Gasteiger partial charge in [0.1, 0.15) is 5.75 Å². The summed E-state index contributed by atoms with van der Waals surface area (Å²) in [7, 11) is 1.69. The summed E-state index contributed by atoms with van der Waals surface area (Å²) in [6, 6.07) is 6.65. The third-order valence-electron chi connectivity index (χ3n) is 3.66. The highest BCUT2D eigenvalue weighted by Crippen LogP contribution is 2.32. The fourth-order valence-corrected chi connectivity index (χ4v) is 2.79. The zero-order valence-corrected chi connectivity index (χ0v) is 11.6. The van der Waals surface area contributed by atoms with E-state index in [-0.39, 0.29) is 11.9 Å². The van der Waals surface area contributed by atoms with E-state index in [0.717, 1.165) is 25.0 Å². The predicted molar refractivity (Wildman–Crippen MR) is 75.1 cm³/mol. The summed E-state index contributed by atoms with van der Waals surface area (Å²) >= 11 is 0. The van der Waals surface area contributed by atoms with Crippen LogP contribution in [-0.4, -0.2) is 19.1 Å². The molecule has 1 aromatic carbocycles. The van der Waals surface area contributed by atoms with Gasteiger partial charge in [0.05, 0.1) is 7.11 Å². The Morgan fingerprint density at radius 2 is 2.37 bits per heavy atom. The minimum atomic E-state index is -0.259. The van der Waals surface area contributed by atoms with Crippen molar-refractivity contribution < 1.29 is 9.53 Å². The minimum Gasteiger partial charge on any atom is -0.497 e. The molecule has 1 aliphatic carbocycles. The van der Waals surface area contributed by atoms with Crippen molar-refractivity contribution in [2.45, 2.75) is 44.7 Å². The van der Waals surface area contributed by atoms with Crippen LogP contribution >= 0.6 is 0 Å². The van der Waals surface area contributed by atoms with Crippen molar-refractivity contribution in [3.05, 3.63) is 29.3 Å². The number of carbonyl (C=O) groups is 1. The largest absolute Gasteiger partial charge is 0.497 e. The van der Waals surface area contributed by atoms with E-state index >= 15 is 0 Å². The lowest BCUT2D eigenvalue weighted by Crippen LogP contribution is -2.35. The lowest BCUT2D eigenvalue weighted by atomic mass is 9.87. The fraction of sp³-hybridized carbons (Fsp3) is 0.533. The number of hydrogen-bond acceptors (Lipinski definition) is 3. The van der Waals surface area contributed by atoms with Crippen molar-refractivity contribution in [2.75, 3.05) is 7.11 Å². The van der Waals surface area contributed by atoms with Gasteiger partial charge in [0, 0.05) is 18.5 Å². The number of benzene rings is 1. The van der Waals surface area contributed by atoms with Crippen LogP contribution in [0.3, 0.4) is 0 Å². The van der Waals surface area contributed by atoms with Crippen molar-refractivity contribution in [2.24, 2.45) is 5.73 Å². The first-order valence-electron chi connectivity index (χ1n) is 6.81. The summed E-state index contributed by atoms with van der Waals surface area (Å²) in [5.41, 5.74) is 7.90.